The zero-order chi connectivity index (χ0) is 26.9. The molecule has 1 heterocycles. The molecule has 2 bridgehead atoms. The van der Waals surface area contributed by atoms with E-state index in [1.165, 1.54) is 19.1 Å². The van der Waals surface area contributed by atoms with Crippen molar-refractivity contribution in [1.29, 1.82) is 0 Å². The van der Waals surface area contributed by atoms with Gasteiger partial charge in [0.15, 0.2) is 5.78 Å². The minimum absolute atomic E-state index is 0.0276. The molecule has 0 N–H and O–H groups in total. The Morgan fingerprint density at radius 2 is 1.89 bits per heavy atom. The van der Waals surface area contributed by atoms with Crippen molar-refractivity contribution in [3.05, 3.63) is 36.0 Å². The fraction of sp³-hybridized carbons (Fsp3) is 0.593. The van der Waals surface area contributed by atoms with Gasteiger partial charge in [0.05, 0.1) is 16.9 Å². The van der Waals surface area contributed by atoms with Crippen molar-refractivity contribution >= 4 is 29.7 Å². The van der Waals surface area contributed by atoms with Gasteiger partial charge in [-0.05, 0) is 31.8 Å². The molecule has 1 saturated heterocycles. The highest BCUT2D eigenvalue weighted by Crippen LogP contribution is 2.55. The third kappa shape index (κ3) is 4.88. The van der Waals surface area contributed by atoms with Crippen molar-refractivity contribution in [1.82, 2.24) is 0 Å². The summed E-state index contributed by atoms with van der Waals surface area (Å²) in [6.45, 7) is 13.6. The molecule has 3 aliphatic rings. The van der Waals surface area contributed by atoms with Crippen LogP contribution in [0.5, 0.6) is 0 Å². The molecular weight excluding hydrogens is 468 g/mol. The van der Waals surface area contributed by atoms with Crippen LogP contribution in [-0.2, 0) is 42.9 Å². The van der Waals surface area contributed by atoms with E-state index in [-0.39, 0.29) is 35.9 Å². The summed E-state index contributed by atoms with van der Waals surface area (Å²) in [5.41, 5.74) is -1.24. The first-order valence-electron chi connectivity index (χ1n) is 12.1. The predicted octanol–water partition coefficient (Wildman–Crippen LogP) is 2.87. The van der Waals surface area contributed by atoms with Crippen LogP contribution in [0.4, 0.5) is 0 Å². The number of rotatable bonds is 7. The molecule has 0 aromatic heterocycles. The summed E-state index contributed by atoms with van der Waals surface area (Å²) in [7, 11) is 0. The van der Waals surface area contributed by atoms with Crippen molar-refractivity contribution in [2.45, 2.75) is 66.3 Å². The van der Waals surface area contributed by atoms with Crippen LogP contribution in [0.15, 0.2) is 36.0 Å². The zero-order valence-electron chi connectivity index (χ0n) is 21.6. The molecule has 1 saturated carbocycles. The van der Waals surface area contributed by atoms with Crippen LogP contribution in [0.25, 0.3) is 0 Å². The fourth-order valence-electron chi connectivity index (χ4n) is 5.43. The molecule has 3 rings (SSSR count). The lowest BCUT2D eigenvalue weighted by atomic mass is 9.67. The van der Waals surface area contributed by atoms with E-state index in [4.69, 9.17) is 18.9 Å². The van der Waals surface area contributed by atoms with Gasteiger partial charge in [0, 0.05) is 24.8 Å². The van der Waals surface area contributed by atoms with Crippen LogP contribution >= 0.6 is 0 Å². The number of hydrogen-bond acceptors (Lipinski definition) is 9. The van der Waals surface area contributed by atoms with Crippen LogP contribution in [0, 0.1) is 29.1 Å². The van der Waals surface area contributed by atoms with Crippen LogP contribution in [0.2, 0.25) is 0 Å². The van der Waals surface area contributed by atoms with Gasteiger partial charge < -0.3 is 18.9 Å². The Balaban J connectivity index is 2.09. The van der Waals surface area contributed by atoms with Gasteiger partial charge in [-0.15, -0.1) is 0 Å². The lowest BCUT2D eigenvalue weighted by Gasteiger charge is -2.42. The molecule has 2 fully saturated rings. The lowest BCUT2D eigenvalue weighted by Crippen LogP contribution is -2.55. The molecule has 0 aromatic carbocycles. The molecule has 0 radical (unpaired) electrons. The summed E-state index contributed by atoms with van der Waals surface area (Å²) in [6, 6.07) is 0. The number of allylic oxidation sites excluding steroid dienone is 3. The first kappa shape index (κ1) is 27.4. The first-order chi connectivity index (χ1) is 16.8. The van der Waals surface area contributed by atoms with Gasteiger partial charge in [0.2, 0.25) is 0 Å². The maximum atomic E-state index is 13.3. The van der Waals surface area contributed by atoms with E-state index >= 15 is 0 Å². The summed E-state index contributed by atoms with van der Waals surface area (Å²) in [4.78, 5) is 63.4. The SMILES string of the molecule is C=C1C(=O)O[C@@H]2[C@@H](C)[C@@H]3C=CC(=O)[C@@]3(C)[C@@H](OC(=O)/C(=C\C)COC(C)=O)[C@H]1[C@@H]2OC(=O)CC(C)C. The second-order valence-corrected chi connectivity index (χ2v) is 10.3. The highest BCUT2D eigenvalue weighted by molar-refractivity contribution is 5.99. The Bertz CT molecular complexity index is 1040. The normalized spacial score (nSPS) is 33.5. The Morgan fingerprint density at radius 3 is 2.47 bits per heavy atom. The molecule has 7 atom stereocenters. The fourth-order valence-corrected chi connectivity index (χ4v) is 5.43. The third-order valence-electron chi connectivity index (χ3n) is 7.38. The van der Waals surface area contributed by atoms with Gasteiger partial charge in [-0.1, -0.05) is 39.5 Å². The van der Waals surface area contributed by atoms with Gasteiger partial charge in [-0.3, -0.25) is 14.4 Å². The Hall–Kier alpha value is -3.23. The largest absolute Gasteiger partial charge is 0.461 e. The maximum absolute atomic E-state index is 13.3. The minimum Gasteiger partial charge on any atom is -0.461 e. The molecule has 2 aliphatic carbocycles. The second kappa shape index (κ2) is 10.4. The molecule has 0 spiro atoms. The van der Waals surface area contributed by atoms with Crippen LogP contribution in [0.3, 0.4) is 0 Å². The molecule has 9 heteroatoms. The molecule has 196 valence electrons. The third-order valence-corrected chi connectivity index (χ3v) is 7.38. The van der Waals surface area contributed by atoms with Crippen LogP contribution in [0.1, 0.15) is 48.0 Å². The van der Waals surface area contributed by atoms with Crippen molar-refractivity contribution in [2.24, 2.45) is 29.1 Å². The monoisotopic (exact) mass is 502 g/mol. The maximum Gasteiger partial charge on any atom is 0.337 e. The van der Waals surface area contributed by atoms with Crippen LogP contribution in [-0.4, -0.2) is 54.6 Å². The van der Waals surface area contributed by atoms with Crippen molar-refractivity contribution in [3.8, 4) is 0 Å². The Kier molecular flexibility index (Phi) is 7.91. The van der Waals surface area contributed by atoms with Gasteiger partial charge >= 0.3 is 23.9 Å². The summed E-state index contributed by atoms with van der Waals surface area (Å²) >= 11 is 0. The number of esters is 4. The van der Waals surface area contributed by atoms with Gasteiger partial charge in [-0.2, -0.15) is 0 Å². The molecule has 9 nitrogen and oxygen atoms in total. The smallest absolute Gasteiger partial charge is 0.337 e. The average molecular weight is 503 g/mol. The van der Waals surface area contributed by atoms with Gasteiger partial charge in [0.25, 0.3) is 0 Å². The van der Waals surface area contributed by atoms with E-state index in [1.54, 1.807) is 19.9 Å². The van der Waals surface area contributed by atoms with Gasteiger partial charge in [0.1, 0.15) is 24.9 Å². The minimum atomic E-state index is -1.27. The van der Waals surface area contributed by atoms with E-state index in [2.05, 4.69) is 6.58 Å². The van der Waals surface area contributed by atoms with Crippen LogP contribution < -0.4 is 0 Å². The van der Waals surface area contributed by atoms with E-state index in [9.17, 15) is 24.0 Å². The first-order valence-corrected chi connectivity index (χ1v) is 12.1. The molecule has 1 aliphatic heterocycles. The Labute approximate surface area is 210 Å². The molecular formula is C27H34O9. The van der Waals surface area contributed by atoms with Gasteiger partial charge in [-0.25, -0.2) is 9.59 Å². The highest BCUT2D eigenvalue weighted by Gasteiger charge is 2.65. The average Bonchev–Trinajstić information content (AvgIpc) is 3.07. The number of fused-ring (bicyclic) bond motifs is 3. The predicted molar refractivity (Wildman–Crippen MR) is 127 cm³/mol. The standard InChI is InChI=1S/C27H34O9/c1-8-17(12-33-16(6)28)26(32)36-24-21-15(5)25(31)35-22(23(21)34-20(30)11-13(2)3)14(4)18-9-10-19(29)27(18,24)7/h8-10,13-14,18,21-24H,5,11-12H2,1-4,6-7H3/b17-8-/t14-,18-,21+,22+,23-,24-,27-/m0/s1. The number of hydrogen-bond donors (Lipinski definition) is 0. The van der Waals surface area contributed by atoms with Crippen molar-refractivity contribution in [3.63, 3.8) is 0 Å². The van der Waals surface area contributed by atoms with E-state index < -0.39 is 65.4 Å². The summed E-state index contributed by atoms with van der Waals surface area (Å²) in [5, 5.41) is 0. The molecule has 0 unspecified atom stereocenters. The summed E-state index contributed by atoms with van der Waals surface area (Å²) in [5.74, 6) is -4.73. The quantitative estimate of drug-likeness (QED) is 0.294. The number of ketones is 1. The van der Waals surface area contributed by atoms with E-state index in [1.807, 2.05) is 20.8 Å². The van der Waals surface area contributed by atoms with E-state index in [0.717, 1.165) is 0 Å². The number of carbonyl (C=O) groups is 5. The van der Waals surface area contributed by atoms with Crippen molar-refractivity contribution < 1.29 is 42.9 Å². The summed E-state index contributed by atoms with van der Waals surface area (Å²) < 4.78 is 22.5. The topological polar surface area (TPSA) is 122 Å². The molecule has 36 heavy (non-hydrogen) atoms. The number of carbonyl (C=O) groups excluding carboxylic acids is 5. The Morgan fingerprint density at radius 1 is 1.22 bits per heavy atom. The lowest BCUT2D eigenvalue weighted by molar-refractivity contribution is -0.189. The highest BCUT2D eigenvalue weighted by atomic mass is 16.6. The summed E-state index contributed by atoms with van der Waals surface area (Å²) in [6.07, 6.45) is 1.70. The zero-order valence-corrected chi connectivity index (χ0v) is 21.6. The number of ether oxygens (including phenoxy) is 4. The van der Waals surface area contributed by atoms with E-state index in [0.29, 0.717) is 0 Å². The van der Waals surface area contributed by atoms with Crippen molar-refractivity contribution in [2.75, 3.05) is 6.61 Å². The molecule has 0 amide bonds. The molecule has 0 aromatic rings. The second-order valence-electron chi connectivity index (χ2n) is 10.3.